The number of nitrogens with zero attached hydrogens (tertiary/aromatic N) is 3. The number of anilines is 1. The summed E-state index contributed by atoms with van der Waals surface area (Å²) < 4.78 is 10.7. The lowest BCUT2D eigenvalue weighted by molar-refractivity contribution is -0.384. The van der Waals surface area contributed by atoms with E-state index in [9.17, 15) is 19.7 Å². The third-order valence-electron chi connectivity index (χ3n) is 4.91. The zero-order valence-electron chi connectivity index (χ0n) is 15.0. The van der Waals surface area contributed by atoms with E-state index in [1.807, 2.05) is 0 Å². The Morgan fingerprint density at radius 3 is 2.54 bits per heavy atom. The third kappa shape index (κ3) is 3.00. The van der Waals surface area contributed by atoms with E-state index in [0.29, 0.717) is 35.8 Å². The van der Waals surface area contributed by atoms with Crippen molar-refractivity contribution in [1.29, 1.82) is 0 Å². The van der Waals surface area contributed by atoms with E-state index in [4.69, 9.17) is 9.47 Å². The Morgan fingerprint density at radius 1 is 1.11 bits per heavy atom. The largest absolute Gasteiger partial charge is 0.454 e. The Labute approximate surface area is 160 Å². The molecule has 28 heavy (non-hydrogen) atoms. The Bertz CT molecular complexity index is 959. The molecule has 9 heteroatoms. The van der Waals surface area contributed by atoms with Gasteiger partial charge in [0, 0.05) is 42.5 Å². The number of rotatable bonds is 3. The molecule has 2 aliphatic heterocycles. The van der Waals surface area contributed by atoms with Crippen LogP contribution in [0.25, 0.3) is 0 Å². The van der Waals surface area contributed by atoms with Gasteiger partial charge in [0.2, 0.25) is 12.7 Å². The number of fused-ring (bicyclic) bond motifs is 1. The van der Waals surface area contributed by atoms with Crippen LogP contribution >= 0.6 is 0 Å². The number of nitro benzene ring substituents is 1. The third-order valence-corrected chi connectivity index (χ3v) is 4.91. The van der Waals surface area contributed by atoms with Crippen LogP contribution in [0.1, 0.15) is 17.3 Å². The Kier molecular flexibility index (Phi) is 4.34. The second kappa shape index (κ2) is 6.84. The minimum absolute atomic E-state index is 0.0895. The highest BCUT2D eigenvalue weighted by Gasteiger charge is 2.36. The maximum Gasteiger partial charge on any atom is 0.269 e. The van der Waals surface area contributed by atoms with Crippen LogP contribution in [-0.2, 0) is 4.79 Å². The maximum atomic E-state index is 12.9. The molecular weight excluding hydrogens is 366 g/mol. The number of carbonyl (C=O) groups excluding carboxylic acids is 2. The van der Waals surface area contributed by atoms with Crippen molar-refractivity contribution in [1.82, 2.24) is 4.90 Å². The quantitative estimate of drug-likeness (QED) is 0.595. The molecule has 0 aliphatic carbocycles. The summed E-state index contributed by atoms with van der Waals surface area (Å²) in [7, 11) is 0. The summed E-state index contributed by atoms with van der Waals surface area (Å²) in [5.74, 6) is 0.681. The lowest BCUT2D eigenvalue weighted by atomic mass is 10.1. The zero-order valence-corrected chi connectivity index (χ0v) is 15.0. The highest BCUT2D eigenvalue weighted by Crippen LogP contribution is 2.36. The van der Waals surface area contributed by atoms with E-state index in [1.165, 1.54) is 29.2 Å². The van der Waals surface area contributed by atoms with Gasteiger partial charge in [0.05, 0.1) is 4.92 Å². The molecule has 1 fully saturated rings. The molecule has 0 spiro atoms. The van der Waals surface area contributed by atoms with Crippen molar-refractivity contribution in [2.75, 3.05) is 24.8 Å². The Hall–Kier alpha value is -3.62. The first-order chi connectivity index (χ1) is 13.5. The Balaban J connectivity index is 1.51. The normalized spacial score (nSPS) is 18.3. The van der Waals surface area contributed by atoms with Crippen molar-refractivity contribution in [2.24, 2.45) is 0 Å². The predicted octanol–water partition coefficient (Wildman–Crippen LogP) is 2.20. The van der Waals surface area contributed by atoms with E-state index in [0.717, 1.165) is 0 Å². The smallest absolute Gasteiger partial charge is 0.269 e. The molecule has 0 radical (unpaired) electrons. The van der Waals surface area contributed by atoms with Crippen molar-refractivity contribution in [3.8, 4) is 11.5 Å². The molecular formula is C19H17N3O6. The molecule has 0 aromatic heterocycles. The molecule has 2 aromatic carbocycles. The summed E-state index contributed by atoms with van der Waals surface area (Å²) in [6.07, 6.45) is 0. The summed E-state index contributed by atoms with van der Waals surface area (Å²) in [5, 5.41) is 10.8. The van der Waals surface area contributed by atoms with Gasteiger partial charge in [-0.3, -0.25) is 19.7 Å². The minimum Gasteiger partial charge on any atom is -0.454 e. The van der Waals surface area contributed by atoms with Crippen LogP contribution in [0.2, 0.25) is 0 Å². The van der Waals surface area contributed by atoms with Crippen molar-refractivity contribution >= 4 is 23.2 Å². The van der Waals surface area contributed by atoms with Crippen LogP contribution in [0.4, 0.5) is 11.4 Å². The molecule has 0 bridgehead atoms. The topological polar surface area (TPSA) is 102 Å². The molecule has 1 unspecified atom stereocenters. The van der Waals surface area contributed by atoms with Crippen LogP contribution in [0.5, 0.6) is 11.5 Å². The fraction of sp³-hybridized carbons (Fsp3) is 0.263. The van der Waals surface area contributed by atoms with Gasteiger partial charge < -0.3 is 19.3 Å². The van der Waals surface area contributed by atoms with Gasteiger partial charge in [-0.1, -0.05) is 0 Å². The second-order valence-corrected chi connectivity index (χ2v) is 6.51. The number of carbonyl (C=O) groups is 2. The van der Waals surface area contributed by atoms with Crippen molar-refractivity contribution < 1.29 is 24.0 Å². The average Bonchev–Trinajstić information content (AvgIpc) is 3.17. The van der Waals surface area contributed by atoms with E-state index in [-0.39, 0.29) is 24.3 Å². The van der Waals surface area contributed by atoms with E-state index in [2.05, 4.69) is 0 Å². The molecule has 1 saturated heterocycles. The number of non-ortho nitro benzene ring substituents is 1. The van der Waals surface area contributed by atoms with E-state index >= 15 is 0 Å². The van der Waals surface area contributed by atoms with Crippen LogP contribution in [0, 0.1) is 10.1 Å². The Morgan fingerprint density at radius 2 is 1.82 bits per heavy atom. The van der Waals surface area contributed by atoms with E-state index in [1.54, 1.807) is 30.0 Å². The van der Waals surface area contributed by atoms with Gasteiger partial charge in [-0.2, -0.15) is 0 Å². The average molecular weight is 383 g/mol. The first-order valence-corrected chi connectivity index (χ1v) is 8.72. The summed E-state index contributed by atoms with van der Waals surface area (Å²) in [4.78, 5) is 39.0. The number of ether oxygens (including phenoxy) is 2. The van der Waals surface area contributed by atoms with Crippen LogP contribution < -0.4 is 14.4 Å². The number of benzene rings is 2. The van der Waals surface area contributed by atoms with Crippen LogP contribution in [0.3, 0.4) is 0 Å². The molecule has 2 amide bonds. The monoisotopic (exact) mass is 383 g/mol. The fourth-order valence-electron chi connectivity index (χ4n) is 3.35. The van der Waals surface area contributed by atoms with E-state index < -0.39 is 11.0 Å². The number of hydrogen-bond donors (Lipinski definition) is 0. The first-order valence-electron chi connectivity index (χ1n) is 8.72. The van der Waals surface area contributed by atoms with Gasteiger partial charge in [-0.15, -0.1) is 0 Å². The van der Waals surface area contributed by atoms with Gasteiger partial charge in [-0.25, -0.2) is 0 Å². The molecule has 9 nitrogen and oxygen atoms in total. The molecule has 2 heterocycles. The van der Waals surface area contributed by atoms with Gasteiger partial charge in [0.15, 0.2) is 11.5 Å². The minimum atomic E-state index is -0.665. The molecule has 144 valence electrons. The van der Waals surface area contributed by atoms with Gasteiger partial charge in [0.1, 0.15) is 6.04 Å². The number of piperazine rings is 1. The summed E-state index contributed by atoms with van der Waals surface area (Å²) in [6, 6.07) is 9.99. The summed E-state index contributed by atoms with van der Waals surface area (Å²) in [6.45, 7) is 2.50. The van der Waals surface area contributed by atoms with Crippen LogP contribution in [0.15, 0.2) is 42.5 Å². The summed E-state index contributed by atoms with van der Waals surface area (Å²) >= 11 is 0. The highest BCUT2D eigenvalue weighted by molar-refractivity contribution is 6.03. The molecule has 0 saturated carbocycles. The molecule has 4 rings (SSSR count). The van der Waals surface area contributed by atoms with Gasteiger partial charge in [0.25, 0.3) is 11.6 Å². The lowest BCUT2D eigenvalue weighted by Gasteiger charge is -2.39. The summed E-state index contributed by atoms with van der Waals surface area (Å²) in [5.41, 5.74) is 0.901. The van der Waals surface area contributed by atoms with Gasteiger partial charge >= 0.3 is 0 Å². The number of amides is 2. The molecule has 2 aliphatic rings. The zero-order chi connectivity index (χ0) is 19.8. The van der Waals surface area contributed by atoms with Gasteiger partial charge in [-0.05, 0) is 31.2 Å². The maximum absolute atomic E-state index is 12.9. The van der Waals surface area contributed by atoms with Crippen molar-refractivity contribution in [3.05, 3.63) is 58.1 Å². The SMILES string of the molecule is CC1C(=O)N(c2ccc3c(c2)OCO3)CCN1C(=O)c1ccc([N+](=O)[O-])cc1. The second-order valence-electron chi connectivity index (χ2n) is 6.51. The molecule has 0 N–H and O–H groups in total. The number of nitro groups is 1. The lowest BCUT2D eigenvalue weighted by Crippen LogP contribution is -2.57. The van der Waals surface area contributed by atoms with Crippen molar-refractivity contribution in [3.63, 3.8) is 0 Å². The molecule has 1 atom stereocenters. The standard InChI is InChI=1S/C19H17N3O6/c1-12-18(23)21(15-6-7-16-17(10-15)28-11-27-16)9-8-20(12)19(24)13-2-4-14(5-3-13)22(25)26/h2-7,10,12H,8-9,11H2,1H3. The van der Waals surface area contributed by atoms with Crippen LogP contribution in [-0.4, -0.2) is 47.6 Å². The predicted molar refractivity (Wildman–Crippen MR) is 98.5 cm³/mol. The first kappa shape index (κ1) is 17.8. The fourth-order valence-corrected chi connectivity index (χ4v) is 3.35. The highest BCUT2D eigenvalue weighted by atomic mass is 16.7. The number of hydrogen-bond acceptors (Lipinski definition) is 6. The van der Waals surface area contributed by atoms with Crippen molar-refractivity contribution in [2.45, 2.75) is 13.0 Å². The molecule has 2 aromatic rings.